The van der Waals surface area contributed by atoms with Crippen molar-refractivity contribution in [3.8, 4) is 33.9 Å². The highest BCUT2D eigenvalue weighted by Gasteiger charge is 2.30. The molecule has 27 aromatic rings. The number of rotatable bonds is 17. The molecule has 0 bridgehead atoms. The van der Waals surface area contributed by atoms with Crippen LogP contribution in [-0.4, -0.2) is 18.3 Å². The number of nitrogens with zero attached hydrogens (tertiary/aromatic N) is 8. The van der Waals surface area contributed by atoms with Gasteiger partial charge in [-0.3, -0.25) is 0 Å². The van der Waals surface area contributed by atoms with E-state index in [0.29, 0.717) is 0 Å². The van der Waals surface area contributed by atoms with Gasteiger partial charge >= 0.3 is 0 Å². The van der Waals surface area contributed by atoms with Gasteiger partial charge in [0, 0.05) is 99.7 Å². The van der Waals surface area contributed by atoms with Crippen molar-refractivity contribution >= 4 is 210 Å². The van der Waals surface area contributed by atoms with E-state index >= 15 is 0 Å². The zero-order valence-electron chi connectivity index (χ0n) is 72.6. The Labute approximate surface area is 770 Å². The second-order valence-electron chi connectivity index (χ2n) is 34.7. The van der Waals surface area contributed by atoms with Crippen molar-refractivity contribution in [3.63, 3.8) is 0 Å². The average molecular weight is 1710 g/mol. The number of fused-ring (bicyclic) bond motifs is 23. The summed E-state index contributed by atoms with van der Waals surface area (Å²) >= 11 is 0. The van der Waals surface area contributed by atoms with Gasteiger partial charge in [-0.2, -0.15) is 0 Å². The van der Waals surface area contributed by atoms with Gasteiger partial charge in [0.2, 0.25) is 0 Å². The molecule has 0 saturated carbocycles. The van der Waals surface area contributed by atoms with Crippen molar-refractivity contribution < 1.29 is 8.83 Å². The molecule has 6 heterocycles. The normalized spacial score (nSPS) is 11.9. The number of benzene rings is 21. The molecule has 0 atom stereocenters. The Hall–Kier alpha value is -18.1. The van der Waals surface area contributed by atoms with Gasteiger partial charge in [-0.1, -0.05) is 255 Å². The Bertz CT molecular complexity index is 9230. The van der Waals surface area contributed by atoms with Crippen LogP contribution in [0.25, 0.3) is 176 Å². The first-order valence-electron chi connectivity index (χ1n) is 45.7. The maximum absolute atomic E-state index is 7.53. The predicted octanol–water partition coefficient (Wildman–Crippen LogP) is 34.6. The van der Waals surface area contributed by atoms with Crippen molar-refractivity contribution in [1.82, 2.24) is 18.3 Å². The number of para-hydroxylation sites is 12. The van der Waals surface area contributed by atoms with Crippen LogP contribution in [0.15, 0.2) is 494 Å². The zero-order chi connectivity index (χ0) is 88.0. The van der Waals surface area contributed by atoms with Crippen LogP contribution in [-0.2, 0) is 0 Å². The molecule has 0 aliphatic carbocycles. The quantitative estimate of drug-likeness (QED) is 0.0905. The summed E-state index contributed by atoms with van der Waals surface area (Å²) in [6, 6.07) is 176. The van der Waals surface area contributed by atoms with E-state index in [0.717, 1.165) is 244 Å². The largest absolute Gasteiger partial charge is 0.455 e. The topological polar surface area (TPSA) is 59.0 Å². The van der Waals surface area contributed by atoms with Crippen molar-refractivity contribution in [2.45, 2.75) is 0 Å². The summed E-state index contributed by atoms with van der Waals surface area (Å²) in [4.78, 5) is 9.61. The molecule has 0 fully saturated rings. The Morgan fingerprint density at radius 2 is 0.410 bits per heavy atom. The van der Waals surface area contributed by atoms with Crippen LogP contribution in [0.3, 0.4) is 0 Å². The third-order valence-electron chi connectivity index (χ3n) is 27.1. The summed E-state index contributed by atoms with van der Waals surface area (Å²) in [6.45, 7) is 0. The first-order chi connectivity index (χ1) is 66.5. The highest BCUT2D eigenvalue weighted by Crippen LogP contribution is 2.53. The minimum Gasteiger partial charge on any atom is -0.455 e. The van der Waals surface area contributed by atoms with Crippen molar-refractivity contribution in [2.75, 3.05) is 19.6 Å². The zero-order valence-corrected chi connectivity index (χ0v) is 72.6. The predicted molar refractivity (Wildman–Crippen MR) is 560 cm³/mol. The standard InChI is InChI=1S/C124H80N8O2/c1-9-35-84(36-10-1)125(85-37-11-2-12-38-85)93-75-94(78-97(77-93)131-111-57-31-27-53-106(111)119-115(131)72-68-102-100-66-70-113-117(121(100)133-123(102)119)104-51-25-29-55-109(104)129(113)90-47-21-7-22-48-90)127(88-43-17-5-18-44-88)92-63-60-81(61-64-92)82-62-65-99-83(74-82)34-33-59-108(99)128(89-45-19-6-20-46-89)96-76-95(126(86-39-13-3-14-40-86)87-41-15-4-16-42-87)79-98(80-96)132-112-58-32-28-54-107(112)120-116(132)73-69-103-101-67-71-114-118(122(101)134-124(103)120)105-52-26-30-56-110(105)130(114)91-49-23-8-24-50-91/h1-80H. The monoisotopic (exact) mass is 1710 g/mol. The van der Waals surface area contributed by atoms with Crippen molar-refractivity contribution in [1.29, 1.82) is 0 Å². The average Bonchev–Trinajstić information content (AvgIpc) is 1.54. The maximum atomic E-state index is 7.53. The summed E-state index contributed by atoms with van der Waals surface area (Å²) in [5.41, 5.74) is 30.5. The third-order valence-corrected chi connectivity index (χ3v) is 27.1. The second-order valence-corrected chi connectivity index (χ2v) is 34.7. The Kier molecular flexibility index (Phi) is 17.5. The molecule has 0 radical (unpaired) electrons. The van der Waals surface area contributed by atoms with Gasteiger partial charge in [0.05, 0.1) is 105 Å². The molecule has 0 N–H and O–H groups in total. The SMILES string of the molecule is c1ccc(N(c2ccccc2)c2cc(N(c3ccccc3)c3ccc(-c4ccc5c(N(c6ccccc6)c6cc(N(c7ccccc7)c7ccccc7)cc(-n7c8ccccc8c8c9oc%10c(ccc%11c%10c%10ccccc%10n%11-c%10ccccc%10)c9ccc87)c6)cccc5c4)cc3)cc(-n3c4ccccc4c4c5oc6c(ccc7c6c6ccccc6n7-c6ccccc6)c5ccc43)c2)cc1. The number of hydrogen-bond donors (Lipinski definition) is 0. The minimum atomic E-state index is 0.856. The molecule has 10 heteroatoms. The minimum absolute atomic E-state index is 0.856. The lowest BCUT2D eigenvalue weighted by Gasteiger charge is -2.31. The van der Waals surface area contributed by atoms with E-state index in [4.69, 9.17) is 8.83 Å². The number of aromatic nitrogens is 4. The first-order valence-corrected chi connectivity index (χ1v) is 45.7. The number of anilines is 12. The van der Waals surface area contributed by atoms with Crippen LogP contribution in [0.5, 0.6) is 0 Å². The van der Waals surface area contributed by atoms with Gasteiger partial charge in [-0.25, -0.2) is 0 Å². The van der Waals surface area contributed by atoms with E-state index < -0.39 is 0 Å². The van der Waals surface area contributed by atoms with Crippen LogP contribution in [0.4, 0.5) is 68.2 Å². The van der Waals surface area contributed by atoms with Gasteiger partial charge in [0.15, 0.2) is 0 Å². The summed E-state index contributed by atoms with van der Waals surface area (Å²) in [5.74, 6) is 0. The lowest BCUT2D eigenvalue weighted by atomic mass is 9.99. The summed E-state index contributed by atoms with van der Waals surface area (Å²) < 4.78 is 24.7. The van der Waals surface area contributed by atoms with E-state index in [1.54, 1.807) is 0 Å². The van der Waals surface area contributed by atoms with Crippen LogP contribution >= 0.6 is 0 Å². The van der Waals surface area contributed by atoms with Crippen LogP contribution in [0, 0.1) is 0 Å². The molecule has 0 amide bonds. The van der Waals surface area contributed by atoms with E-state index in [2.05, 4.69) is 523 Å². The fourth-order valence-electron chi connectivity index (χ4n) is 21.5. The summed E-state index contributed by atoms with van der Waals surface area (Å²) in [7, 11) is 0. The summed E-state index contributed by atoms with van der Waals surface area (Å²) in [6.07, 6.45) is 0. The van der Waals surface area contributed by atoms with Crippen molar-refractivity contribution in [3.05, 3.63) is 485 Å². The lowest BCUT2D eigenvalue weighted by molar-refractivity contribution is 0.676. The molecular weight excluding hydrogens is 1630 g/mol. The Morgan fingerprint density at radius 3 is 0.739 bits per heavy atom. The maximum Gasteiger partial charge on any atom is 0.145 e. The van der Waals surface area contributed by atoms with E-state index in [1.165, 1.54) is 0 Å². The molecule has 134 heavy (non-hydrogen) atoms. The number of furan rings is 2. The van der Waals surface area contributed by atoms with E-state index in [-0.39, 0.29) is 0 Å². The van der Waals surface area contributed by atoms with E-state index in [9.17, 15) is 0 Å². The highest BCUT2D eigenvalue weighted by molar-refractivity contribution is 6.31. The molecule has 628 valence electrons. The molecule has 10 nitrogen and oxygen atoms in total. The molecule has 0 aliphatic heterocycles. The number of hydrogen-bond acceptors (Lipinski definition) is 6. The second kappa shape index (κ2) is 30.8. The lowest BCUT2D eigenvalue weighted by Crippen LogP contribution is -2.14. The van der Waals surface area contributed by atoms with Crippen LogP contribution in [0.1, 0.15) is 0 Å². The Balaban J connectivity index is 0.606. The van der Waals surface area contributed by atoms with Crippen LogP contribution < -0.4 is 19.6 Å². The fourth-order valence-corrected chi connectivity index (χ4v) is 21.5. The highest BCUT2D eigenvalue weighted by atomic mass is 16.3. The molecule has 6 aromatic heterocycles. The van der Waals surface area contributed by atoms with Gasteiger partial charge in [-0.05, 0) is 247 Å². The van der Waals surface area contributed by atoms with Gasteiger partial charge in [0.1, 0.15) is 22.3 Å². The molecule has 0 spiro atoms. The van der Waals surface area contributed by atoms with Crippen molar-refractivity contribution in [2.24, 2.45) is 0 Å². The molecular formula is C124H80N8O2. The van der Waals surface area contributed by atoms with Gasteiger partial charge in [0.25, 0.3) is 0 Å². The van der Waals surface area contributed by atoms with Gasteiger partial charge in [-0.15, -0.1) is 0 Å². The molecule has 27 rings (SSSR count). The molecule has 21 aromatic carbocycles. The van der Waals surface area contributed by atoms with E-state index in [1.807, 2.05) is 0 Å². The van der Waals surface area contributed by atoms with Crippen LogP contribution in [0.2, 0.25) is 0 Å². The fraction of sp³-hybridized carbons (Fsp3) is 0. The Morgan fingerprint density at radius 1 is 0.149 bits per heavy atom. The third kappa shape index (κ3) is 12.1. The molecule has 0 unspecified atom stereocenters. The molecule has 0 saturated heterocycles. The first kappa shape index (κ1) is 76.0. The molecule has 0 aliphatic rings. The van der Waals surface area contributed by atoms with Gasteiger partial charge < -0.3 is 46.7 Å². The summed E-state index contributed by atoms with van der Waals surface area (Å²) in [5, 5.41) is 15.3. The smallest absolute Gasteiger partial charge is 0.145 e.